The Kier molecular flexibility index (Phi) is 5.36. The van der Waals surface area contributed by atoms with E-state index in [-0.39, 0.29) is 22.7 Å². The van der Waals surface area contributed by atoms with Crippen molar-refractivity contribution in [2.75, 3.05) is 31.6 Å². The number of nitrogens with zero attached hydrogens (tertiary/aromatic N) is 2. The Labute approximate surface area is 158 Å². The van der Waals surface area contributed by atoms with Gasteiger partial charge in [0.15, 0.2) is 0 Å². The monoisotopic (exact) mass is 375 g/mol. The highest BCUT2D eigenvalue weighted by molar-refractivity contribution is 5.76. The van der Waals surface area contributed by atoms with Gasteiger partial charge in [-0.05, 0) is 50.5 Å². The van der Waals surface area contributed by atoms with Crippen LogP contribution in [0.5, 0.6) is 0 Å². The molecule has 1 saturated heterocycles. The van der Waals surface area contributed by atoms with Crippen molar-refractivity contribution in [2.24, 2.45) is 0 Å². The highest BCUT2D eigenvalue weighted by Crippen LogP contribution is 2.32. The summed E-state index contributed by atoms with van der Waals surface area (Å²) >= 11 is 0. The molecule has 0 atom stereocenters. The maximum Gasteiger partial charge on any atom is 0.410 e. The third kappa shape index (κ3) is 4.77. The quantitative estimate of drug-likeness (QED) is 0.640. The number of hydrogen-bond donors (Lipinski definition) is 1. The van der Waals surface area contributed by atoms with E-state index < -0.39 is 5.60 Å². The summed E-state index contributed by atoms with van der Waals surface area (Å²) in [5.74, 6) is 0. The van der Waals surface area contributed by atoms with Crippen LogP contribution in [0.1, 0.15) is 32.8 Å². The van der Waals surface area contributed by atoms with Gasteiger partial charge in [-0.1, -0.05) is 6.08 Å². The normalized spacial score (nSPS) is 17.7. The molecule has 3 rings (SSSR count). The highest BCUT2D eigenvalue weighted by Gasteiger charge is 2.26. The Morgan fingerprint density at radius 3 is 2.63 bits per heavy atom. The Balaban J connectivity index is 1.73. The third-order valence-corrected chi connectivity index (χ3v) is 4.42. The van der Waals surface area contributed by atoms with Gasteiger partial charge in [-0.2, -0.15) is 0 Å². The van der Waals surface area contributed by atoms with Crippen LogP contribution in [0.15, 0.2) is 24.3 Å². The Morgan fingerprint density at radius 1 is 1.37 bits per heavy atom. The summed E-state index contributed by atoms with van der Waals surface area (Å²) in [5.41, 5.74) is 2.02. The van der Waals surface area contributed by atoms with Gasteiger partial charge in [0.25, 0.3) is 5.69 Å². The van der Waals surface area contributed by atoms with E-state index in [1.165, 1.54) is 6.07 Å². The molecule has 146 valence electrons. The van der Waals surface area contributed by atoms with Crippen molar-refractivity contribution in [2.45, 2.75) is 38.8 Å². The Morgan fingerprint density at radius 2 is 2.11 bits per heavy atom. The summed E-state index contributed by atoms with van der Waals surface area (Å²) < 4.78 is 10.5. The number of hydrogen-bond acceptors (Lipinski definition) is 6. The molecule has 2 aliphatic heterocycles. The van der Waals surface area contributed by atoms with E-state index in [0.717, 1.165) is 11.1 Å². The molecular formula is C19H25N3O5. The second-order valence-electron chi connectivity index (χ2n) is 7.77. The van der Waals surface area contributed by atoms with Crippen LogP contribution < -0.4 is 5.32 Å². The van der Waals surface area contributed by atoms with Gasteiger partial charge in [-0.15, -0.1) is 0 Å². The number of anilines is 1. The lowest BCUT2D eigenvalue weighted by molar-refractivity contribution is -0.384. The smallest absolute Gasteiger partial charge is 0.410 e. The fraction of sp³-hybridized carbons (Fsp3) is 0.526. The van der Waals surface area contributed by atoms with Crippen LogP contribution in [0.3, 0.4) is 0 Å². The number of nitro benzene ring substituents is 1. The molecule has 0 aromatic heterocycles. The minimum absolute atomic E-state index is 0.0532. The first-order valence-electron chi connectivity index (χ1n) is 9.03. The van der Waals surface area contributed by atoms with E-state index in [1.807, 2.05) is 32.9 Å². The number of benzene rings is 1. The molecule has 2 aliphatic rings. The SMILES string of the molecule is CC(C)(C)OC(=O)N1CC=C(c2ccc([N+](=O)[O-])c(NC3COC3)c2)CC1. The van der Waals surface area contributed by atoms with Crippen LogP contribution >= 0.6 is 0 Å². The predicted octanol–water partition coefficient (Wildman–Crippen LogP) is 3.43. The van der Waals surface area contributed by atoms with E-state index in [4.69, 9.17) is 9.47 Å². The zero-order chi connectivity index (χ0) is 19.6. The third-order valence-electron chi connectivity index (χ3n) is 4.42. The van der Waals surface area contributed by atoms with Crippen LogP contribution in [0.4, 0.5) is 16.2 Å². The summed E-state index contributed by atoms with van der Waals surface area (Å²) in [6, 6.07) is 5.20. The van der Waals surface area contributed by atoms with Crippen molar-refractivity contribution >= 4 is 23.0 Å². The maximum absolute atomic E-state index is 12.2. The van der Waals surface area contributed by atoms with Crippen molar-refractivity contribution in [3.63, 3.8) is 0 Å². The van der Waals surface area contributed by atoms with Crippen LogP contribution in [-0.4, -0.2) is 53.9 Å². The Hall–Kier alpha value is -2.61. The van der Waals surface area contributed by atoms with Gasteiger partial charge < -0.3 is 19.7 Å². The van der Waals surface area contributed by atoms with Crippen molar-refractivity contribution < 1.29 is 19.2 Å². The highest BCUT2D eigenvalue weighted by atomic mass is 16.6. The van der Waals surface area contributed by atoms with Crippen molar-refractivity contribution in [3.8, 4) is 0 Å². The molecule has 0 spiro atoms. The van der Waals surface area contributed by atoms with Gasteiger partial charge in [0.2, 0.25) is 0 Å². The molecule has 1 amide bonds. The molecule has 2 heterocycles. The molecule has 27 heavy (non-hydrogen) atoms. The lowest BCUT2D eigenvalue weighted by Gasteiger charge is -2.30. The molecular weight excluding hydrogens is 350 g/mol. The molecule has 8 nitrogen and oxygen atoms in total. The number of rotatable bonds is 4. The van der Waals surface area contributed by atoms with Gasteiger partial charge in [0, 0.05) is 19.2 Å². The molecule has 1 fully saturated rings. The van der Waals surface area contributed by atoms with Crippen molar-refractivity contribution in [1.82, 2.24) is 4.90 Å². The van der Waals surface area contributed by atoms with Crippen molar-refractivity contribution in [1.29, 1.82) is 0 Å². The number of nitro groups is 1. The van der Waals surface area contributed by atoms with E-state index in [2.05, 4.69) is 5.32 Å². The molecule has 0 radical (unpaired) electrons. The summed E-state index contributed by atoms with van der Waals surface area (Å²) in [4.78, 5) is 24.7. The maximum atomic E-state index is 12.2. The number of nitrogens with one attached hydrogen (secondary N) is 1. The minimum atomic E-state index is -0.523. The van der Waals surface area contributed by atoms with Crippen molar-refractivity contribution in [3.05, 3.63) is 40.0 Å². The molecule has 0 unspecified atom stereocenters. The summed E-state index contributed by atoms with van der Waals surface area (Å²) in [6.45, 7) is 7.64. The number of carbonyl (C=O) groups excluding carboxylic acids is 1. The summed E-state index contributed by atoms with van der Waals surface area (Å²) in [5, 5.41) is 14.5. The zero-order valence-corrected chi connectivity index (χ0v) is 15.9. The van der Waals surface area contributed by atoms with Crippen LogP contribution in [0.25, 0.3) is 5.57 Å². The van der Waals surface area contributed by atoms with Crippen LogP contribution in [0, 0.1) is 10.1 Å². The lowest BCUT2D eigenvalue weighted by atomic mass is 9.98. The standard InChI is InChI=1S/C19H25N3O5/c1-19(2,3)27-18(23)21-8-6-13(7-9-21)14-4-5-17(22(24)25)16(10-14)20-15-11-26-12-15/h4-6,10,15,20H,7-9,11-12H2,1-3H3. The van der Waals surface area contributed by atoms with Crippen LogP contribution in [0.2, 0.25) is 0 Å². The average molecular weight is 375 g/mol. The summed E-state index contributed by atoms with van der Waals surface area (Å²) in [7, 11) is 0. The molecule has 1 aromatic rings. The van der Waals surface area contributed by atoms with Gasteiger partial charge in [-0.3, -0.25) is 10.1 Å². The first-order valence-corrected chi connectivity index (χ1v) is 9.03. The topological polar surface area (TPSA) is 93.9 Å². The van der Waals surface area contributed by atoms with Gasteiger partial charge in [0.05, 0.1) is 24.2 Å². The van der Waals surface area contributed by atoms with E-state index in [1.54, 1.807) is 11.0 Å². The largest absolute Gasteiger partial charge is 0.444 e. The fourth-order valence-corrected chi connectivity index (χ4v) is 2.97. The summed E-state index contributed by atoms with van der Waals surface area (Å²) in [6.07, 6.45) is 2.32. The van der Waals surface area contributed by atoms with Gasteiger partial charge >= 0.3 is 6.09 Å². The van der Waals surface area contributed by atoms with Crippen LogP contribution in [-0.2, 0) is 9.47 Å². The minimum Gasteiger partial charge on any atom is -0.444 e. The van der Waals surface area contributed by atoms with E-state index in [9.17, 15) is 14.9 Å². The fourth-order valence-electron chi connectivity index (χ4n) is 2.97. The predicted molar refractivity (Wildman–Crippen MR) is 102 cm³/mol. The number of amides is 1. The Bertz CT molecular complexity index is 765. The van der Waals surface area contributed by atoms with E-state index in [0.29, 0.717) is 38.4 Å². The first kappa shape index (κ1) is 19.2. The number of ether oxygens (including phenoxy) is 2. The second kappa shape index (κ2) is 7.56. The molecule has 8 heteroatoms. The average Bonchev–Trinajstić information content (AvgIpc) is 2.56. The van der Waals surface area contributed by atoms with Gasteiger partial charge in [-0.25, -0.2) is 4.79 Å². The zero-order valence-electron chi connectivity index (χ0n) is 15.9. The first-order chi connectivity index (χ1) is 12.7. The number of carbonyl (C=O) groups is 1. The lowest BCUT2D eigenvalue weighted by Crippen LogP contribution is -2.40. The molecule has 0 bridgehead atoms. The second-order valence-corrected chi connectivity index (χ2v) is 7.77. The molecule has 0 saturated carbocycles. The van der Waals surface area contributed by atoms with Gasteiger partial charge in [0.1, 0.15) is 11.3 Å². The molecule has 1 N–H and O–H groups in total. The molecule has 1 aromatic carbocycles. The molecule has 0 aliphatic carbocycles. The van der Waals surface area contributed by atoms with E-state index >= 15 is 0 Å².